The molecule has 26 heavy (non-hydrogen) atoms. The Hall–Kier alpha value is -2.45. The van der Waals surface area contributed by atoms with Crippen LogP contribution in [-0.2, 0) is 10.7 Å². The Morgan fingerprint density at radius 1 is 1.19 bits per heavy atom. The average molecular weight is 375 g/mol. The number of nitrogens with two attached hydrogens (primary N) is 1. The standard InChI is InChI=1S/C17H18F5N3O/c1-3-25(4-2)15(26)11-7-10-5-6-12(16(18,19)17(20,21)22)9-13(10)24-14(23)8-11/h5-7,9H,3-4,8H2,1-2H3,(H2,23,24). The van der Waals surface area contributed by atoms with E-state index in [2.05, 4.69) is 4.99 Å². The molecular formula is C17H18F5N3O. The number of rotatable bonds is 4. The maximum Gasteiger partial charge on any atom is 0.458 e. The lowest BCUT2D eigenvalue weighted by atomic mass is 10.0. The Labute approximate surface area is 147 Å². The third-order valence-electron chi connectivity index (χ3n) is 4.04. The van der Waals surface area contributed by atoms with E-state index in [0.717, 1.165) is 6.07 Å². The number of carbonyl (C=O) groups excluding carboxylic acids is 1. The molecule has 0 saturated heterocycles. The molecule has 0 unspecified atom stereocenters. The Morgan fingerprint density at radius 3 is 2.35 bits per heavy atom. The fourth-order valence-electron chi connectivity index (χ4n) is 2.60. The molecule has 1 aliphatic rings. The lowest BCUT2D eigenvalue weighted by Crippen LogP contribution is -2.33. The van der Waals surface area contributed by atoms with Crippen molar-refractivity contribution in [2.75, 3.05) is 13.1 Å². The van der Waals surface area contributed by atoms with Gasteiger partial charge in [0.05, 0.1) is 5.69 Å². The molecule has 0 fully saturated rings. The summed E-state index contributed by atoms with van der Waals surface area (Å²) in [5, 5.41) is 0. The molecule has 1 amide bonds. The van der Waals surface area contributed by atoms with Gasteiger partial charge in [-0.1, -0.05) is 12.1 Å². The molecule has 0 bridgehead atoms. The van der Waals surface area contributed by atoms with Gasteiger partial charge in [-0.05, 0) is 26.0 Å². The number of aliphatic imine (C=N–C) groups is 1. The molecule has 2 N–H and O–H groups in total. The lowest BCUT2D eigenvalue weighted by Gasteiger charge is -2.20. The van der Waals surface area contributed by atoms with Gasteiger partial charge in [0.25, 0.3) is 0 Å². The van der Waals surface area contributed by atoms with Gasteiger partial charge in [0.1, 0.15) is 5.84 Å². The highest BCUT2D eigenvalue weighted by Gasteiger charge is 2.58. The van der Waals surface area contributed by atoms with Gasteiger partial charge in [-0.15, -0.1) is 0 Å². The first kappa shape index (κ1) is 19.9. The monoisotopic (exact) mass is 375 g/mol. The average Bonchev–Trinajstić information content (AvgIpc) is 2.71. The van der Waals surface area contributed by atoms with Gasteiger partial charge in [-0.3, -0.25) is 4.79 Å². The first-order valence-corrected chi connectivity index (χ1v) is 7.93. The molecule has 1 aromatic carbocycles. The zero-order valence-corrected chi connectivity index (χ0v) is 14.2. The minimum Gasteiger partial charge on any atom is -0.387 e. The second kappa shape index (κ2) is 7.05. The summed E-state index contributed by atoms with van der Waals surface area (Å²) >= 11 is 0. The van der Waals surface area contributed by atoms with Crippen molar-refractivity contribution in [2.45, 2.75) is 32.4 Å². The molecule has 0 aliphatic carbocycles. The molecule has 0 atom stereocenters. The predicted molar refractivity (Wildman–Crippen MR) is 88.2 cm³/mol. The Kier molecular flexibility index (Phi) is 5.39. The summed E-state index contributed by atoms with van der Waals surface area (Å²) in [5.41, 5.74) is 4.92. The van der Waals surface area contributed by atoms with Crippen molar-refractivity contribution in [3.8, 4) is 0 Å². The van der Waals surface area contributed by atoms with E-state index in [1.165, 1.54) is 6.08 Å². The lowest BCUT2D eigenvalue weighted by molar-refractivity contribution is -0.289. The fourth-order valence-corrected chi connectivity index (χ4v) is 2.60. The number of alkyl halides is 5. The molecule has 0 saturated carbocycles. The molecule has 1 aliphatic heterocycles. The highest BCUT2D eigenvalue weighted by atomic mass is 19.4. The molecule has 1 heterocycles. The van der Waals surface area contributed by atoms with E-state index < -0.39 is 17.7 Å². The zero-order chi connectivity index (χ0) is 19.7. The number of halogens is 5. The maximum absolute atomic E-state index is 13.6. The SMILES string of the molecule is CCN(CC)C(=O)C1=Cc2ccc(C(F)(F)C(F)(F)F)cc2N=C(N)C1. The minimum atomic E-state index is -5.72. The molecule has 9 heteroatoms. The third-order valence-corrected chi connectivity index (χ3v) is 4.04. The van der Waals surface area contributed by atoms with Gasteiger partial charge in [0.15, 0.2) is 0 Å². The van der Waals surface area contributed by atoms with Gasteiger partial charge in [-0.2, -0.15) is 22.0 Å². The van der Waals surface area contributed by atoms with Crippen LogP contribution in [-0.4, -0.2) is 35.9 Å². The second-order valence-electron chi connectivity index (χ2n) is 5.77. The maximum atomic E-state index is 13.6. The Bertz CT molecular complexity index is 764. The number of likely N-dealkylation sites (N-methyl/N-ethyl adjacent to an activating group) is 1. The van der Waals surface area contributed by atoms with Crippen LogP contribution in [0, 0.1) is 0 Å². The van der Waals surface area contributed by atoms with Crippen molar-refractivity contribution in [3.05, 3.63) is 34.9 Å². The minimum absolute atomic E-state index is 0.0188. The number of fused-ring (bicyclic) bond motifs is 1. The summed E-state index contributed by atoms with van der Waals surface area (Å²) in [6, 6.07) is 2.41. The summed E-state index contributed by atoms with van der Waals surface area (Å²) in [4.78, 5) is 18.0. The van der Waals surface area contributed by atoms with Crippen molar-refractivity contribution in [2.24, 2.45) is 10.7 Å². The van der Waals surface area contributed by atoms with Crippen molar-refractivity contribution in [1.82, 2.24) is 4.90 Å². The van der Waals surface area contributed by atoms with Crippen LogP contribution in [0.3, 0.4) is 0 Å². The van der Waals surface area contributed by atoms with Crippen molar-refractivity contribution >= 4 is 23.5 Å². The van der Waals surface area contributed by atoms with Gasteiger partial charge >= 0.3 is 12.1 Å². The molecule has 1 aromatic rings. The van der Waals surface area contributed by atoms with E-state index in [1.807, 2.05) is 0 Å². The quantitative estimate of drug-likeness (QED) is 0.809. The number of amidine groups is 1. The van der Waals surface area contributed by atoms with E-state index in [-0.39, 0.29) is 29.4 Å². The van der Waals surface area contributed by atoms with Crippen LogP contribution in [0.25, 0.3) is 6.08 Å². The largest absolute Gasteiger partial charge is 0.458 e. The molecular weight excluding hydrogens is 357 g/mol. The van der Waals surface area contributed by atoms with Gasteiger partial charge in [0.2, 0.25) is 5.91 Å². The molecule has 4 nitrogen and oxygen atoms in total. The summed E-state index contributed by atoms with van der Waals surface area (Å²) in [5.74, 6) is -5.34. The Balaban J connectivity index is 2.51. The van der Waals surface area contributed by atoms with Crippen molar-refractivity contribution in [1.29, 1.82) is 0 Å². The number of benzene rings is 1. The first-order chi connectivity index (χ1) is 12.0. The molecule has 142 valence electrons. The third kappa shape index (κ3) is 3.71. The highest BCUT2D eigenvalue weighted by molar-refractivity contribution is 6.05. The molecule has 2 rings (SSSR count). The summed E-state index contributed by atoms with van der Waals surface area (Å²) in [7, 11) is 0. The van der Waals surface area contributed by atoms with Crippen molar-refractivity contribution < 1.29 is 26.7 Å². The van der Waals surface area contributed by atoms with Crippen LogP contribution >= 0.6 is 0 Å². The van der Waals surface area contributed by atoms with E-state index >= 15 is 0 Å². The zero-order valence-electron chi connectivity index (χ0n) is 14.2. The number of carbonyl (C=O) groups is 1. The Morgan fingerprint density at radius 2 is 1.81 bits per heavy atom. The van der Waals surface area contributed by atoms with Gasteiger partial charge < -0.3 is 10.6 Å². The number of amides is 1. The molecule has 0 spiro atoms. The number of hydrogen-bond donors (Lipinski definition) is 1. The normalized spacial score (nSPS) is 14.9. The van der Waals surface area contributed by atoms with Crippen LogP contribution in [0.1, 0.15) is 31.4 Å². The van der Waals surface area contributed by atoms with Crippen LogP contribution < -0.4 is 5.73 Å². The van der Waals surface area contributed by atoms with Crippen LogP contribution in [0.15, 0.2) is 28.8 Å². The summed E-state index contributed by atoms with van der Waals surface area (Å²) in [6.45, 7) is 4.53. The van der Waals surface area contributed by atoms with Gasteiger partial charge in [0, 0.05) is 36.2 Å². The molecule has 0 aromatic heterocycles. The van der Waals surface area contributed by atoms with E-state index in [9.17, 15) is 26.7 Å². The first-order valence-electron chi connectivity index (χ1n) is 7.93. The van der Waals surface area contributed by atoms with Crippen LogP contribution in [0.4, 0.5) is 27.6 Å². The van der Waals surface area contributed by atoms with Crippen LogP contribution in [0.5, 0.6) is 0 Å². The van der Waals surface area contributed by atoms with E-state index in [0.29, 0.717) is 30.8 Å². The second-order valence-corrected chi connectivity index (χ2v) is 5.77. The predicted octanol–water partition coefficient (Wildman–Crippen LogP) is 3.98. The smallest absolute Gasteiger partial charge is 0.387 e. The summed E-state index contributed by atoms with van der Waals surface area (Å²) < 4.78 is 64.8. The van der Waals surface area contributed by atoms with Crippen molar-refractivity contribution in [3.63, 3.8) is 0 Å². The number of nitrogens with zero attached hydrogens (tertiary/aromatic N) is 2. The fraction of sp³-hybridized carbons (Fsp3) is 0.412. The number of hydrogen-bond acceptors (Lipinski definition) is 3. The summed E-state index contributed by atoms with van der Waals surface area (Å²) in [6.07, 6.45) is -4.31. The van der Waals surface area contributed by atoms with Gasteiger partial charge in [-0.25, -0.2) is 4.99 Å². The topological polar surface area (TPSA) is 58.7 Å². The van der Waals surface area contributed by atoms with E-state index in [1.54, 1.807) is 18.7 Å². The van der Waals surface area contributed by atoms with E-state index in [4.69, 9.17) is 5.73 Å². The highest BCUT2D eigenvalue weighted by Crippen LogP contribution is 2.45. The molecule has 0 radical (unpaired) electrons. The van der Waals surface area contributed by atoms with Crippen LogP contribution in [0.2, 0.25) is 0 Å².